The summed E-state index contributed by atoms with van der Waals surface area (Å²) in [5.41, 5.74) is 2.34. The van der Waals surface area contributed by atoms with E-state index in [1.54, 1.807) is 32.0 Å². The fraction of sp³-hybridized carbons (Fsp3) is 0.370. The zero-order valence-electron chi connectivity index (χ0n) is 20.6. The molecule has 7 nitrogen and oxygen atoms in total. The van der Waals surface area contributed by atoms with Crippen molar-refractivity contribution in [3.63, 3.8) is 0 Å². The van der Waals surface area contributed by atoms with Gasteiger partial charge in [0.2, 0.25) is 0 Å². The predicted octanol–water partition coefficient (Wildman–Crippen LogP) is 5.15. The summed E-state index contributed by atoms with van der Waals surface area (Å²) in [6.45, 7) is 11.9. The minimum absolute atomic E-state index is 0.143. The van der Waals surface area contributed by atoms with Gasteiger partial charge in [0.25, 0.3) is 0 Å². The second kappa shape index (κ2) is 11.9. The molecule has 0 fully saturated rings. The van der Waals surface area contributed by atoms with Gasteiger partial charge in [0.1, 0.15) is 17.4 Å². The van der Waals surface area contributed by atoms with Crippen LogP contribution in [0.15, 0.2) is 42.0 Å². The van der Waals surface area contributed by atoms with Gasteiger partial charge in [-0.05, 0) is 61.6 Å². The van der Waals surface area contributed by atoms with Crippen LogP contribution in [0.4, 0.5) is 0 Å². The Morgan fingerprint density at radius 2 is 1.68 bits per heavy atom. The quantitative estimate of drug-likeness (QED) is 0.219. The maximum absolute atomic E-state index is 12.5. The van der Waals surface area contributed by atoms with Crippen molar-refractivity contribution < 1.29 is 28.5 Å². The summed E-state index contributed by atoms with van der Waals surface area (Å²) in [5, 5.41) is 9.23. The molecule has 0 aliphatic carbocycles. The molecule has 34 heavy (non-hydrogen) atoms. The molecule has 0 bridgehead atoms. The van der Waals surface area contributed by atoms with Crippen LogP contribution in [-0.4, -0.2) is 31.8 Å². The van der Waals surface area contributed by atoms with Gasteiger partial charge in [-0.1, -0.05) is 44.5 Å². The van der Waals surface area contributed by atoms with Crippen LogP contribution in [0.2, 0.25) is 0 Å². The number of ether oxygens (including phenoxy) is 4. The molecule has 0 aliphatic heterocycles. The Hall–Kier alpha value is -3.79. The van der Waals surface area contributed by atoms with Gasteiger partial charge in [-0.3, -0.25) is 0 Å². The van der Waals surface area contributed by atoms with Crippen molar-refractivity contribution in [2.45, 2.75) is 47.0 Å². The van der Waals surface area contributed by atoms with Crippen molar-refractivity contribution in [2.24, 2.45) is 0 Å². The lowest BCUT2D eigenvalue weighted by molar-refractivity contribution is -0.138. The normalized spacial score (nSPS) is 11.4. The SMILES string of the molecule is CCOC(=O)/C(C#N)=C/c1ccc(OC(=O)COc2ccc(C)cc2C(C)(C)C)c(OCC)c1. The molecule has 2 rings (SSSR count). The molecule has 2 aromatic rings. The first kappa shape index (κ1) is 26.5. The third-order valence-electron chi connectivity index (χ3n) is 4.71. The molecule has 0 heterocycles. The van der Waals surface area contributed by atoms with Crippen molar-refractivity contribution in [1.29, 1.82) is 5.26 Å². The van der Waals surface area contributed by atoms with Gasteiger partial charge < -0.3 is 18.9 Å². The van der Waals surface area contributed by atoms with Crippen LogP contribution >= 0.6 is 0 Å². The number of nitriles is 1. The lowest BCUT2D eigenvalue weighted by Crippen LogP contribution is -2.20. The summed E-state index contributed by atoms with van der Waals surface area (Å²) >= 11 is 0. The summed E-state index contributed by atoms with van der Waals surface area (Å²) in [6, 6.07) is 12.4. The number of carbonyl (C=O) groups excluding carboxylic acids is 2. The van der Waals surface area contributed by atoms with E-state index in [1.807, 2.05) is 31.2 Å². The molecular formula is C27H31NO6. The molecule has 0 saturated heterocycles. The van der Waals surface area contributed by atoms with E-state index >= 15 is 0 Å². The minimum atomic E-state index is -0.707. The fourth-order valence-electron chi connectivity index (χ4n) is 3.12. The van der Waals surface area contributed by atoms with Crippen molar-refractivity contribution in [2.75, 3.05) is 19.8 Å². The second-order valence-corrected chi connectivity index (χ2v) is 8.54. The van der Waals surface area contributed by atoms with Gasteiger partial charge >= 0.3 is 11.9 Å². The molecule has 180 valence electrons. The molecule has 0 unspecified atom stereocenters. The molecule has 0 aliphatic rings. The summed E-state index contributed by atoms with van der Waals surface area (Å²) in [5.74, 6) is -0.155. The van der Waals surface area contributed by atoms with Crippen LogP contribution in [0.3, 0.4) is 0 Å². The highest BCUT2D eigenvalue weighted by Gasteiger charge is 2.20. The molecule has 0 radical (unpaired) electrons. The maximum atomic E-state index is 12.5. The highest BCUT2D eigenvalue weighted by atomic mass is 16.6. The molecular weight excluding hydrogens is 434 g/mol. The molecule has 0 saturated carbocycles. The van der Waals surface area contributed by atoms with E-state index in [0.717, 1.165) is 11.1 Å². The number of hydrogen-bond acceptors (Lipinski definition) is 7. The maximum Gasteiger partial charge on any atom is 0.349 e. The number of aryl methyl sites for hydroxylation is 1. The van der Waals surface area contributed by atoms with E-state index in [1.165, 1.54) is 6.08 Å². The van der Waals surface area contributed by atoms with E-state index in [0.29, 0.717) is 23.7 Å². The monoisotopic (exact) mass is 465 g/mol. The Balaban J connectivity index is 2.18. The van der Waals surface area contributed by atoms with Crippen LogP contribution < -0.4 is 14.2 Å². The van der Waals surface area contributed by atoms with Gasteiger partial charge in [-0.15, -0.1) is 0 Å². The standard InChI is InChI=1S/C27H31NO6/c1-7-31-24-15-19(14-20(16-28)26(30)32-8-2)10-12-23(24)34-25(29)17-33-22-11-9-18(3)13-21(22)27(4,5)6/h9-15H,7-8,17H2,1-6H3/b20-14+. The fourth-order valence-corrected chi connectivity index (χ4v) is 3.12. The summed E-state index contributed by atoms with van der Waals surface area (Å²) in [6.07, 6.45) is 1.39. The molecule has 2 aromatic carbocycles. The molecule has 0 aromatic heterocycles. The van der Waals surface area contributed by atoms with Gasteiger partial charge in [0, 0.05) is 0 Å². The Morgan fingerprint density at radius 1 is 0.971 bits per heavy atom. The number of esters is 2. The number of rotatable bonds is 9. The summed E-state index contributed by atoms with van der Waals surface area (Å²) < 4.78 is 21.7. The summed E-state index contributed by atoms with van der Waals surface area (Å²) in [7, 11) is 0. The number of benzene rings is 2. The Bertz CT molecular complexity index is 1110. The van der Waals surface area contributed by atoms with Gasteiger partial charge in [0.15, 0.2) is 18.1 Å². The first-order valence-corrected chi connectivity index (χ1v) is 11.1. The second-order valence-electron chi connectivity index (χ2n) is 8.54. The van der Waals surface area contributed by atoms with Crippen molar-refractivity contribution in [3.8, 4) is 23.3 Å². The van der Waals surface area contributed by atoms with E-state index in [-0.39, 0.29) is 30.0 Å². The lowest BCUT2D eigenvalue weighted by Gasteiger charge is -2.23. The third kappa shape index (κ3) is 7.38. The van der Waals surface area contributed by atoms with Crippen molar-refractivity contribution >= 4 is 18.0 Å². The van der Waals surface area contributed by atoms with Crippen LogP contribution in [-0.2, 0) is 19.7 Å². The van der Waals surface area contributed by atoms with Gasteiger partial charge in [-0.25, -0.2) is 9.59 Å². The van der Waals surface area contributed by atoms with Gasteiger partial charge in [0.05, 0.1) is 13.2 Å². The third-order valence-corrected chi connectivity index (χ3v) is 4.71. The van der Waals surface area contributed by atoms with E-state index in [9.17, 15) is 14.9 Å². The average Bonchev–Trinajstić information content (AvgIpc) is 2.77. The Kier molecular flexibility index (Phi) is 9.26. The number of hydrogen-bond donors (Lipinski definition) is 0. The Labute approximate surface area is 200 Å². The van der Waals surface area contributed by atoms with Crippen molar-refractivity contribution in [1.82, 2.24) is 0 Å². The van der Waals surface area contributed by atoms with Crippen molar-refractivity contribution in [3.05, 3.63) is 58.7 Å². The smallest absolute Gasteiger partial charge is 0.349 e. The van der Waals surface area contributed by atoms with Crippen LogP contribution in [0.1, 0.15) is 51.3 Å². The molecule has 0 spiro atoms. The molecule has 0 N–H and O–H groups in total. The number of carbonyl (C=O) groups is 2. The first-order chi connectivity index (χ1) is 16.1. The highest BCUT2D eigenvalue weighted by Crippen LogP contribution is 2.33. The van der Waals surface area contributed by atoms with E-state index in [4.69, 9.17) is 18.9 Å². The first-order valence-electron chi connectivity index (χ1n) is 11.1. The summed E-state index contributed by atoms with van der Waals surface area (Å²) in [4.78, 5) is 24.4. The zero-order chi connectivity index (χ0) is 25.3. The largest absolute Gasteiger partial charge is 0.490 e. The van der Waals surface area contributed by atoms with E-state index in [2.05, 4.69) is 20.8 Å². The molecule has 0 atom stereocenters. The highest BCUT2D eigenvalue weighted by molar-refractivity contribution is 5.98. The lowest BCUT2D eigenvalue weighted by atomic mass is 9.85. The van der Waals surface area contributed by atoms with Crippen LogP contribution in [0.5, 0.6) is 17.2 Å². The predicted molar refractivity (Wildman–Crippen MR) is 129 cm³/mol. The average molecular weight is 466 g/mol. The number of nitrogens with zero attached hydrogens (tertiary/aromatic N) is 1. The van der Waals surface area contributed by atoms with Gasteiger partial charge in [-0.2, -0.15) is 5.26 Å². The Morgan fingerprint density at radius 3 is 2.29 bits per heavy atom. The van der Waals surface area contributed by atoms with Crippen LogP contribution in [0.25, 0.3) is 6.08 Å². The zero-order valence-corrected chi connectivity index (χ0v) is 20.6. The minimum Gasteiger partial charge on any atom is -0.490 e. The van der Waals surface area contributed by atoms with E-state index < -0.39 is 11.9 Å². The topological polar surface area (TPSA) is 94.9 Å². The molecule has 7 heteroatoms. The van der Waals surface area contributed by atoms with Crippen LogP contribution in [0, 0.1) is 18.3 Å². The molecule has 0 amide bonds.